The number of rotatable bonds is 39. The second-order valence-electron chi connectivity index (χ2n) is 8.59. The van der Waals surface area contributed by atoms with Gasteiger partial charge in [-0.1, -0.05) is 15.9 Å². The number of hydrogen-bond acceptors (Lipinski definition) is 14. The molecular weight excluding hydrogens is 652 g/mol. The minimum atomic E-state index is -0.251. The van der Waals surface area contributed by atoms with Crippen molar-refractivity contribution < 1.29 is 66.4 Å². The summed E-state index contributed by atoms with van der Waals surface area (Å²) in [6.45, 7) is 14.4. The summed E-state index contributed by atoms with van der Waals surface area (Å²) in [6, 6.07) is 0. The van der Waals surface area contributed by atoms with E-state index in [0.717, 1.165) is 5.33 Å². The van der Waals surface area contributed by atoms with Crippen molar-refractivity contribution in [3.05, 3.63) is 0 Å². The largest absolute Gasteiger partial charge is 0.466 e. The van der Waals surface area contributed by atoms with Crippen LogP contribution < -0.4 is 0 Å². The molecule has 0 saturated heterocycles. The lowest BCUT2D eigenvalue weighted by Gasteiger charge is -2.09. The lowest BCUT2D eigenvalue weighted by molar-refractivity contribution is -0.144. The van der Waals surface area contributed by atoms with Gasteiger partial charge in [-0.3, -0.25) is 4.79 Å². The van der Waals surface area contributed by atoms with Gasteiger partial charge in [-0.2, -0.15) is 0 Å². The highest BCUT2D eigenvalue weighted by Gasteiger charge is 2.01. The maximum atomic E-state index is 11.1. The molecule has 15 heteroatoms. The van der Waals surface area contributed by atoms with Crippen molar-refractivity contribution in [3.8, 4) is 0 Å². The van der Waals surface area contributed by atoms with Crippen molar-refractivity contribution in [1.82, 2.24) is 0 Å². The maximum Gasteiger partial charge on any atom is 0.308 e. The molecule has 0 heterocycles. The smallest absolute Gasteiger partial charge is 0.308 e. The third kappa shape index (κ3) is 39.5. The summed E-state index contributed by atoms with van der Waals surface area (Å²) < 4.78 is 69.8. The van der Waals surface area contributed by atoms with Crippen LogP contribution in [0.25, 0.3) is 0 Å². The van der Waals surface area contributed by atoms with E-state index >= 15 is 0 Å². The van der Waals surface area contributed by atoms with Gasteiger partial charge in [-0.25, -0.2) is 0 Å². The van der Waals surface area contributed by atoms with Gasteiger partial charge in [-0.05, 0) is 6.92 Å². The number of carbonyl (C=O) groups is 1. The molecule has 0 N–H and O–H groups in total. The Morgan fingerprint density at radius 1 is 0.364 bits per heavy atom. The van der Waals surface area contributed by atoms with Gasteiger partial charge < -0.3 is 61.6 Å². The monoisotopic (exact) mass is 708 g/mol. The molecule has 0 atom stereocenters. The first-order chi connectivity index (χ1) is 21.8. The van der Waals surface area contributed by atoms with Gasteiger partial charge >= 0.3 is 5.97 Å². The van der Waals surface area contributed by atoms with Gasteiger partial charge in [0.2, 0.25) is 0 Å². The highest BCUT2D eigenvalue weighted by atomic mass is 79.9. The summed E-state index contributed by atoms with van der Waals surface area (Å²) >= 11 is 3.30. The van der Waals surface area contributed by atoms with E-state index in [0.29, 0.717) is 165 Å². The Morgan fingerprint density at radius 3 is 0.773 bits per heavy atom. The first-order valence-corrected chi connectivity index (χ1v) is 16.6. The molecule has 0 aromatic rings. The van der Waals surface area contributed by atoms with Gasteiger partial charge in [0, 0.05) is 5.33 Å². The summed E-state index contributed by atoms with van der Waals surface area (Å²) in [7, 11) is 0. The van der Waals surface area contributed by atoms with Crippen LogP contribution in [0.5, 0.6) is 0 Å². The number of esters is 1. The molecule has 14 nitrogen and oxygen atoms in total. The Kier molecular flexibility index (Phi) is 40.0. The predicted molar refractivity (Wildman–Crippen MR) is 165 cm³/mol. The fourth-order valence-electron chi connectivity index (χ4n) is 2.96. The highest BCUT2D eigenvalue weighted by molar-refractivity contribution is 9.09. The average Bonchev–Trinajstić information content (AvgIpc) is 3.02. The van der Waals surface area contributed by atoms with E-state index in [1.54, 1.807) is 6.92 Å². The molecule has 0 rings (SSSR count). The Bertz CT molecular complexity index is 550. The van der Waals surface area contributed by atoms with Crippen molar-refractivity contribution >= 4 is 21.9 Å². The lowest BCUT2D eigenvalue weighted by Crippen LogP contribution is -2.15. The fraction of sp³-hybridized carbons (Fsp3) is 0.966. The third-order valence-electron chi connectivity index (χ3n) is 5.07. The van der Waals surface area contributed by atoms with Gasteiger partial charge in [0.15, 0.2) is 0 Å². The first kappa shape index (κ1) is 43.5. The zero-order chi connectivity index (χ0) is 31.9. The maximum absolute atomic E-state index is 11.1. The topological polar surface area (TPSA) is 137 Å². The summed E-state index contributed by atoms with van der Waals surface area (Å²) in [5.74, 6) is -0.251. The molecule has 0 aromatic heterocycles. The Balaban J connectivity index is 3.05. The van der Waals surface area contributed by atoms with Crippen LogP contribution in [-0.4, -0.2) is 176 Å². The molecule has 44 heavy (non-hydrogen) atoms. The quantitative estimate of drug-likeness (QED) is 0.0519. The van der Waals surface area contributed by atoms with Crippen LogP contribution in [0.3, 0.4) is 0 Å². The van der Waals surface area contributed by atoms with E-state index in [2.05, 4.69) is 15.9 Å². The molecule has 0 aromatic carbocycles. The molecule has 0 aliphatic rings. The normalized spacial score (nSPS) is 11.4. The SMILES string of the molecule is CCOC(=O)CCOCCOCCOCCOCCOCCOCCOCCOCCOCCOCCOCCOCCBr. The Hall–Kier alpha value is -0.530. The third-order valence-corrected chi connectivity index (χ3v) is 5.39. The van der Waals surface area contributed by atoms with Crippen LogP contribution in [0.4, 0.5) is 0 Å². The van der Waals surface area contributed by atoms with Gasteiger partial charge in [-0.15, -0.1) is 0 Å². The van der Waals surface area contributed by atoms with E-state index in [4.69, 9.17) is 61.6 Å². The average molecular weight is 710 g/mol. The Morgan fingerprint density at radius 2 is 0.568 bits per heavy atom. The second-order valence-corrected chi connectivity index (χ2v) is 9.39. The zero-order valence-corrected chi connectivity index (χ0v) is 28.3. The van der Waals surface area contributed by atoms with Crippen molar-refractivity contribution in [2.24, 2.45) is 0 Å². The second kappa shape index (κ2) is 40.5. The molecule has 264 valence electrons. The predicted octanol–water partition coefficient (Wildman–Crippen LogP) is 1.53. The fourth-order valence-corrected chi connectivity index (χ4v) is 3.19. The van der Waals surface area contributed by atoms with Crippen molar-refractivity contribution in [3.63, 3.8) is 0 Å². The van der Waals surface area contributed by atoms with Crippen LogP contribution in [0.15, 0.2) is 0 Å². The van der Waals surface area contributed by atoms with Crippen LogP contribution in [0.2, 0.25) is 0 Å². The number of ether oxygens (including phenoxy) is 13. The molecule has 0 unspecified atom stereocenters. The van der Waals surface area contributed by atoms with Crippen LogP contribution in [-0.2, 0) is 66.4 Å². The number of carbonyl (C=O) groups excluding carboxylic acids is 1. The van der Waals surface area contributed by atoms with Crippen molar-refractivity contribution in [2.45, 2.75) is 13.3 Å². The minimum Gasteiger partial charge on any atom is -0.466 e. The number of hydrogen-bond donors (Lipinski definition) is 0. The molecular formula is C29H57BrO14. The standard InChI is InChI=1S/C29H57BrO14/c1-2-44-29(31)3-5-32-7-9-34-11-13-36-15-17-38-19-21-40-23-25-42-27-28-43-26-24-41-22-20-39-18-16-37-14-12-35-10-8-33-6-4-30/h2-28H2,1H3. The van der Waals surface area contributed by atoms with E-state index in [-0.39, 0.29) is 12.4 Å². The summed E-state index contributed by atoms with van der Waals surface area (Å²) in [5.41, 5.74) is 0. The van der Waals surface area contributed by atoms with E-state index in [1.807, 2.05) is 0 Å². The molecule has 0 aliphatic carbocycles. The Labute approximate surface area is 271 Å². The first-order valence-electron chi connectivity index (χ1n) is 15.5. The summed E-state index contributed by atoms with van der Waals surface area (Å²) in [5, 5.41) is 0.835. The van der Waals surface area contributed by atoms with Gasteiger partial charge in [0.25, 0.3) is 0 Å². The van der Waals surface area contributed by atoms with Crippen LogP contribution in [0, 0.1) is 0 Å². The highest BCUT2D eigenvalue weighted by Crippen LogP contribution is 1.90. The van der Waals surface area contributed by atoms with Crippen molar-refractivity contribution in [1.29, 1.82) is 0 Å². The lowest BCUT2D eigenvalue weighted by atomic mass is 10.5. The number of halogens is 1. The van der Waals surface area contributed by atoms with Crippen molar-refractivity contribution in [2.75, 3.05) is 171 Å². The molecule has 0 fully saturated rings. The van der Waals surface area contributed by atoms with E-state index < -0.39 is 0 Å². The molecule has 0 spiro atoms. The van der Waals surface area contributed by atoms with Gasteiger partial charge in [0.1, 0.15) is 0 Å². The number of alkyl halides is 1. The zero-order valence-electron chi connectivity index (χ0n) is 26.7. The summed E-state index contributed by atoms with van der Waals surface area (Å²) in [6.07, 6.45) is 0.256. The van der Waals surface area contributed by atoms with E-state index in [1.165, 1.54) is 0 Å². The van der Waals surface area contributed by atoms with E-state index in [9.17, 15) is 4.79 Å². The minimum absolute atomic E-state index is 0.251. The molecule has 0 saturated carbocycles. The van der Waals surface area contributed by atoms with Crippen LogP contribution >= 0.6 is 15.9 Å². The molecule has 0 amide bonds. The summed E-state index contributed by atoms with van der Waals surface area (Å²) in [4.78, 5) is 11.1. The molecule has 0 aliphatic heterocycles. The van der Waals surface area contributed by atoms with Crippen LogP contribution in [0.1, 0.15) is 13.3 Å². The van der Waals surface area contributed by atoms with Gasteiger partial charge in [0.05, 0.1) is 172 Å². The molecule has 0 bridgehead atoms. The molecule has 0 radical (unpaired) electrons.